The fourth-order valence-electron chi connectivity index (χ4n) is 0.866. The zero-order valence-corrected chi connectivity index (χ0v) is 9.98. The minimum absolute atomic E-state index is 0.898. The predicted molar refractivity (Wildman–Crippen MR) is 59.5 cm³/mol. The summed E-state index contributed by atoms with van der Waals surface area (Å²) in [6, 6.07) is 0. The van der Waals surface area contributed by atoms with Gasteiger partial charge in [0.05, 0.1) is 0 Å². The fraction of sp³-hybridized carbons (Fsp3) is 1.00. The van der Waals surface area contributed by atoms with Gasteiger partial charge in [0.15, 0.2) is 0 Å². The molecule has 12 heavy (non-hydrogen) atoms. The minimum atomic E-state index is 0.898. The van der Waals surface area contributed by atoms with E-state index in [0.29, 0.717) is 0 Å². The van der Waals surface area contributed by atoms with Gasteiger partial charge in [0.25, 0.3) is 0 Å². The Morgan fingerprint density at radius 1 is 0.833 bits per heavy atom. The van der Waals surface area contributed by atoms with Gasteiger partial charge in [-0.3, -0.25) is 0 Å². The monoisotopic (exact) mass is 172 g/mol. The van der Waals surface area contributed by atoms with E-state index >= 15 is 0 Å². The van der Waals surface area contributed by atoms with Gasteiger partial charge in [0.1, 0.15) is 0 Å². The van der Waals surface area contributed by atoms with E-state index in [1.165, 1.54) is 25.7 Å². The van der Waals surface area contributed by atoms with E-state index in [1.807, 2.05) is 0 Å². The maximum absolute atomic E-state index is 2.28. The molecule has 0 aromatic carbocycles. The predicted octanol–water partition coefficient (Wildman–Crippen LogP) is 4.89. The van der Waals surface area contributed by atoms with Crippen LogP contribution in [0, 0.1) is 11.8 Å². The van der Waals surface area contributed by atoms with Crippen molar-refractivity contribution in [2.75, 3.05) is 0 Å². The zero-order chi connectivity index (χ0) is 9.98. The molecule has 0 aliphatic rings. The van der Waals surface area contributed by atoms with Crippen molar-refractivity contribution < 1.29 is 0 Å². The molecule has 0 spiro atoms. The SMILES string of the molecule is CCC(C)CC.CCCC(C)C. The summed E-state index contributed by atoms with van der Waals surface area (Å²) in [6.07, 6.45) is 5.37. The highest BCUT2D eigenvalue weighted by atomic mass is 13.9. The maximum atomic E-state index is 2.28. The van der Waals surface area contributed by atoms with Crippen LogP contribution in [0.5, 0.6) is 0 Å². The summed E-state index contributed by atoms with van der Waals surface area (Å²) >= 11 is 0. The second-order valence-electron chi connectivity index (χ2n) is 4.10. The van der Waals surface area contributed by atoms with E-state index in [0.717, 1.165) is 11.8 Å². The van der Waals surface area contributed by atoms with Crippen molar-refractivity contribution in [2.24, 2.45) is 11.8 Å². The lowest BCUT2D eigenvalue weighted by atomic mass is 10.1. The lowest BCUT2D eigenvalue weighted by Crippen LogP contribution is -1.85. The fourth-order valence-corrected chi connectivity index (χ4v) is 0.866. The molecule has 0 unspecified atom stereocenters. The van der Waals surface area contributed by atoms with E-state index in [9.17, 15) is 0 Å². The average Bonchev–Trinajstić information content (AvgIpc) is 2.04. The van der Waals surface area contributed by atoms with Gasteiger partial charge in [-0.25, -0.2) is 0 Å². The number of hydrogen-bond acceptors (Lipinski definition) is 0. The molecule has 0 atom stereocenters. The van der Waals surface area contributed by atoms with Crippen LogP contribution in [0.2, 0.25) is 0 Å². The third-order valence-corrected chi connectivity index (χ3v) is 2.26. The summed E-state index contributed by atoms with van der Waals surface area (Å²) in [6.45, 7) is 13.5. The lowest BCUT2D eigenvalue weighted by Gasteiger charge is -1.98. The topological polar surface area (TPSA) is 0 Å². The van der Waals surface area contributed by atoms with Crippen LogP contribution < -0.4 is 0 Å². The molecule has 0 rings (SSSR count). The summed E-state index contributed by atoms with van der Waals surface area (Å²) in [4.78, 5) is 0. The smallest absolute Gasteiger partial charge is 0.0448 e. The number of rotatable bonds is 4. The Morgan fingerprint density at radius 3 is 1.25 bits per heavy atom. The first-order valence-electron chi connectivity index (χ1n) is 5.58. The van der Waals surface area contributed by atoms with Gasteiger partial charge in [-0.05, 0) is 11.8 Å². The summed E-state index contributed by atoms with van der Waals surface area (Å²) < 4.78 is 0. The summed E-state index contributed by atoms with van der Waals surface area (Å²) in [7, 11) is 0. The summed E-state index contributed by atoms with van der Waals surface area (Å²) in [5.74, 6) is 1.83. The summed E-state index contributed by atoms with van der Waals surface area (Å²) in [5.41, 5.74) is 0. The van der Waals surface area contributed by atoms with E-state index < -0.39 is 0 Å². The third kappa shape index (κ3) is 16.5. The highest BCUT2D eigenvalue weighted by Gasteiger charge is 1.88. The molecule has 0 fully saturated rings. The van der Waals surface area contributed by atoms with E-state index in [-0.39, 0.29) is 0 Å². The molecule has 76 valence electrons. The van der Waals surface area contributed by atoms with Gasteiger partial charge >= 0.3 is 0 Å². The van der Waals surface area contributed by atoms with Crippen LogP contribution in [0.3, 0.4) is 0 Å². The van der Waals surface area contributed by atoms with E-state index in [1.54, 1.807) is 0 Å². The third-order valence-electron chi connectivity index (χ3n) is 2.26. The van der Waals surface area contributed by atoms with Gasteiger partial charge in [-0.15, -0.1) is 0 Å². The zero-order valence-electron chi connectivity index (χ0n) is 9.98. The Morgan fingerprint density at radius 2 is 1.25 bits per heavy atom. The summed E-state index contributed by atoms with van der Waals surface area (Å²) in [5, 5.41) is 0. The second kappa shape index (κ2) is 11.0. The largest absolute Gasteiger partial charge is 0.0654 e. The molecule has 0 saturated heterocycles. The van der Waals surface area contributed by atoms with Crippen LogP contribution in [0.25, 0.3) is 0 Å². The lowest BCUT2D eigenvalue weighted by molar-refractivity contribution is 0.544. The van der Waals surface area contributed by atoms with Crippen molar-refractivity contribution >= 4 is 0 Å². The van der Waals surface area contributed by atoms with Gasteiger partial charge in [0.2, 0.25) is 0 Å². The number of hydrogen-bond donors (Lipinski definition) is 0. The van der Waals surface area contributed by atoms with Crippen LogP contribution in [-0.2, 0) is 0 Å². The highest BCUT2D eigenvalue weighted by Crippen LogP contribution is 2.02. The first-order chi connectivity index (χ1) is 5.58. The van der Waals surface area contributed by atoms with Crippen LogP contribution in [0.1, 0.15) is 67.2 Å². The minimum Gasteiger partial charge on any atom is -0.0654 e. The van der Waals surface area contributed by atoms with Gasteiger partial charge in [-0.2, -0.15) is 0 Å². The van der Waals surface area contributed by atoms with Crippen LogP contribution in [0.15, 0.2) is 0 Å². The Bertz CT molecular complexity index is 60.4. The van der Waals surface area contributed by atoms with Crippen molar-refractivity contribution in [3.05, 3.63) is 0 Å². The maximum Gasteiger partial charge on any atom is -0.0448 e. The second-order valence-corrected chi connectivity index (χ2v) is 4.10. The van der Waals surface area contributed by atoms with Crippen molar-refractivity contribution in [3.63, 3.8) is 0 Å². The van der Waals surface area contributed by atoms with Crippen LogP contribution in [0.4, 0.5) is 0 Å². The van der Waals surface area contributed by atoms with Crippen LogP contribution in [-0.4, -0.2) is 0 Å². The Balaban J connectivity index is 0. The molecule has 0 amide bonds. The van der Waals surface area contributed by atoms with Gasteiger partial charge in [0, 0.05) is 0 Å². The molecular formula is C12H28. The molecule has 0 radical (unpaired) electrons. The Labute approximate surface area is 79.8 Å². The highest BCUT2D eigenvalue weighted by molar-refractivity contribution is 4.41. The van der Waals surface area contributed by atoms with Gasteiger partial charge < -0.3 is 0 Å². The molecule has 0 aromatic rings. The molecular weight excluding hydrogens is 144 g/mol. The van der Waals surface area contributed by atoms with Crippen molar-refractivity contribution in [3.8, 4) is 0 Å². The van der Waals surface area contributed by atoms with E-state index in [4.69, 9.17) is 0 Å². The average molecular weight is 172 g/mol. The first-order valence-corrected chi connectivity index (χ1v) is 5.58. The quantitative estimate of drug-likeness (QED) is 0.566. The molecule has 0 aromatic heterocycles. The van der Waals surface area contributed by atoms with Crippen molar-refractivity contribution in [1.82, 2.24) is 0 Å². The molecule has 0 aliphatic heterocycles. The molecule has 0 nitrogen and oxygen atoms in total. The molecule has 0 saturated carbocycles. The molecule has 0 aliphatic carbocycles. The molecule has 0 N–H and O–H groups in total. The normalized spacial score (nSPS) is 10.0. The molecule has 0 heteroatoms. The van der Waals surface area contributed by atoms with Crippen LogP contribution >= 0.6 is 0 Å². The first kappa shape index (κ1) is 14.5. The Kier molecular flexibility index (Phi) is 13.3. The standard InChI is InChI=1S/2C6H14/c1-4-5-6(2)3;1-4-6(3)5-2/h2*6H,4-5H2,1-3H3. The van der Waals surface area contributed by atoms with Crippen molar-refractivity contribution in [2.45, 2.75) is 67.2 Å². The molecule has 0 heterocycles. The van der Waals surface area contributed by atoms with Gasteiger partial charge in [-0.1, -0.05) is 67.2 Å². The molecule has 0 bridgehead atoms. The van der Waals surface area contributed by atoms with Crippen molar-refractivity contribution in [1.29, 1.82) is 0 Å². The van der Waals surface area contributed by atoms with E-state index in [2.05, 4.69) is 41.5 Å². The Hall–Kier alpha value is 0.